The zero-order valence-corrected chi connectivity index (χ0v) is 15.6. The van der Waals surface area contributed by atoms with Crippen molar-refractivity contribution < 1.29 is 8.42 Å². The summed E-state index contributed by atoms with van der Waals surface area (Å²) in [5.74, 6) is 0. The molecule has 3 aromatic rings. The van der Waals surface area contributed by atoms with Crippen LogP contribution in [0.15, 0.2) is 36.7 Å². The lowest BCUT2D eigenvalue weighted by atomic mass is 10.1. The Hall–Kier alpha value is -1.96. The Balaban J connectivity index is 1.79. The highest BCUT2D eigenvalue weighted by Crippen LogP contribution is 2.32. The molecule has 0 aliphatic rings. The van der Waals surface area contributed by atoms with E-state index in [1.165, 1.54) is 12.1 Å². The van der Waals surface area contributed by atoms with E-state index in [1.54, 1.807) is 13.3 Å². The third-order valence-electron chi connectivity index (χ3n) is 3.88. The zero-order valence-electron chi connectivity index (χ0n) is 13.3. The van der Waals surface area contributed by atoms with E-state index in [0.717, 1.165) is 16.6 Å². The minimum absolute atomic E-state index is 0.197. The predicted molar refractivity (Wildman–Crippen MR) is 103 cm³/mol. The molecule has 25 heavy (non-hydrogen) atoms. The van der Waals surface area contributed by atoms with E-state index in [4.69, 9.17) is 28.9 Å². The highest BCUT2D eigenvalue weighted by Gasteiger charge is 2.22. The van der Waals surface area contributed by atoms with Crippen LogP contribution in [0.4, 0.5) is 11.4 Å². The van der Waals surface area contributed by atoms with E-state index in [9.17, 15) is 8.42 Å². The summed E-state index contributed by atoms with van der Waals surface area (Å²) < 4.78 is 27.7. The maximum Gasteiger partial charge on any atom is 0.235 e. The van der Waals surface area contributed by atoms with Gasteiger partial charge in [0.2, 0.25) is 10.0 Å². The Kier molecular flexibility index (Phi) is 4.81. The van der Waals surface area contributed by atoms with Crippen molar-refractivity contribution >= 4 is 55.6 Å². The van der Waals surface area contributed by atoms with Crippen molar-refractivity contribution in [3.8, 4) is 0 Å². The lowest BCUT2D eigenvalue weighted by Crippen LogP contribution is -2.27. The number of anilines is 2. The summed E-state index contributed by atoms with van der Waals surface area (Å²) in [7, 11) is -3.63. The van der Waals surface area contributed by atoms with Crippen molar-refractivity contribution in [3.05, 3.63) is 52.3 Å². The molecule has 0 aliphatic carbocycles. The number of aromatic nitrogens is 2. The Morgan fingerprint density at radius 3 is 2.60 bits per heavy atom. The van der Waals surface area contributed by atoms with Gasteiger partial charge in [-0.3, -0.25) is 4.72 Å². The summed E-state index contributed by atoms with van der Waals surface area (Å²) in [6.45, 7) is 1.64. The van der Waals surface area contributed by atoms with Crippen LogP contribution in [0.1, 0.15) is 12.5 Å². The van der Waals surface area contributed by atoms with Crippen LogP contribution >= 0.6 is 23.2 Å². The predicted octanol–water partition coefficient (Wildman–Crippen LogP) is 3.82. The molecule has 0 bridgehead atoms. The van der Waals surface area contributed by atoms with Crippen molar-refractivity contribution in [2.45, 2.75) is 18.6 Å². The van der Waals surface area contributed by atoms with E-state index in [2.05, 4.69) is 14.7 Å². The first-order valence-electron chi connectivity index (χ1n) is 7.44. The maximum absolute atomic E-state index is 12.6. The van der Waals surface area contributed by atoms with Crippen LogP contribution in [-0.2, 0) is 16.4 Å². The minimum atomic E-state index is -3.63. The molecule has 1 atom stereocenters. The first-order valence-corrected chi connectivity index (χ1v) is 9.74. The van der Waals surface area contributed by atoms with E-state index in [1.807, 2.05) is 18.2 Å². The molecular formula is C16H16Cl2N4O2S. The minimum Gasteiger partial charge on any atom is -0.396 e. The lowest BCUT2D eigenvalue weighted by molar-refractivity contribution is 0.588. The molecule has 4 N–H and O–H groups in total. The largest absolute Gasteiger partial charge is 0.396 e. The number of H-pyrrole nitrogens is 1. The van der Waals surface area contributed by atoms with Gasteiger partial charge in [0, 0.05) is 0 Å². The molecule has 6 nitrogen and oxygen atoms in total. The van der Waals surface area contributed by atoms with Gasteiger partial charge in [0.25, 0.3) is 0 Å². The highest BCUT2D eigenvalue weighted by atomic mass is 35.5. The van der Waals surface area contributed by atoms with E-state index < -0.39 is 15.3 Å². The average molecular weight is 399 g/mol. The quantitative estimate of drug-likeness (QED) is 0.568. The number of hydrogen-bond donors (Lipinski definition) is 3. The molecule has 0 aliphatic heterocycles. The number of nitrogens with zero attached hydrogens (tertiary/aromatic N) is 1. The number of halogens is 2. The maximum atomic E-state index is 12.6. The first kappa shape index (κ1) is 17.8. The molecular weight excluding hydrogens is 383 g/mol. The van der Waals surface area contributed by atoms with Gasteiger partial charge in [-0.15, -0.1) is 0 Å². The number of benzene rings is 2. The monoisotopic (exact) mass is 398 g/mol. The molecule has 1 heterocycles. The standard InChI is InChI=1S/C16H16Cl2N4O2S/c1-9(4-10-2-3-14-15(5-10)21-8-20-14)25(23,24)22-11-6-12(17)16(19)13(18)7-11/h2-3,5-9,22H,4,19H2,1H3,(H,20,21). The molecule has 0 fully saturated rings. The smallest absolute Gasteiger partial charge is 0.235 e. The molecule has 0 saturated carbocycles. The van der Waals surface area contributed by atoms with Gasteiger partial charge in [-0.2, -0.15) is 0 Å². The molecule has 9 heteroatoms. The van der Waals surface area contributed by atoms with Gasteiger partial charge in [-0.1, -0.05) is 29.3 Å². The van der Waals surface area contributed by atoms with Gasteiger partial charge in [0.1, 0.15) is 0 Å². The van der Waals surface area contributed by atoms with Crippen LogP contribution in [0.3, 0.4) is 0 Å². The number of nitrogen functional groups attached to an aromatic ring is 1. The number of hydrogen-bond acceptors (Lipinski definition) is 4. The van der Waals surface area contributed by atoms with Crippen molar-refractivity contribution in [2.75, 3.05) is 10.5 Å². The van der Waals surface area contributed by atoms with Crippen LogP contribution in [-0.4, -0.2) is 23.6 Å². The Labute approximate surface area is 155 Å². The Morgan fingerprint density at radius 1 is 1.24 bits per heavy atom. The third-order valence-corrected chi connectivity index (χ3v) is 6.25. The van der Waals surface area contributed by atoms with Crippen molar-refractivity contribution in [2.24, 2.45) is 0 Å². The lowest BCUT2D eigenvalue weighted by Gasteiger charge is -2.16. The molecule has 1 unspecified atom stereocenters. The van der Waals surface area contributed by atoms with Crippen LogP contribution in [0.5, 0.6) is 0 Å². The number of rotatable bonds is 5. The number of imidazole rings is 1. The Morgan fingerprint density at radius 2 is 1.92 bits per heavy atom. The number of fused-ring (bicyclic) bond motifs is 1. The Bertz CT molecular complexity index is 1010. The third kappa shape index (κ3) is 3.84. The number of aromatic amines is 1. The van der Waals surface area contributed by atoms with Gasteiger partial charge in [-0.05, 0) is 43.2 Å². The molecule has 3 rings (SSSR count). The fraction of sp³-hybridized carbons (Fsp3) is 0.188. The molecule has 132 valence electrons. The van der Waals surface area contributed by atoms with Gasteiger partial charge in [-0.25, -0.2) is 13.4 Å². The number of sulfonamides is 1. The average Bonchev–Trinajstić information content (AvgIpc) is 2.99. The first-order chi connectivity index (χ1) is 11.8. The van der Waals surface area contributed by atoms with Crippen molar-refractivity contribution in [1.82, 2.24) is 9.97 Å². The molecule has 0 spiro atoms. The molecule has 1 aromatic heterocycles. The van der Waals surface area contributed by atoms with Gasteiger partial charge in [0.05, 0.1) is 44.0 Å². The summed E-state index contributed by atoms with van der Waals surface area (Å²) in [5.41, 5.74) is 8.75. The summed E-state index contributed by atoms with van der Waals surface area (Å²) in [5, 5.41) is -0.270. The molecule has 0 saturated heterocycles. The van der Waals surface area contributed by atoms with Crippen molar-refractivity contribution in [1.29, 1.82) is 0 Å². The normalized spacial score (nSPS) is 13.1. The van der Waals surface area contributed by atoms with E-state index in [0.29, 0.717) is 6.42 Å². The summed E-state index contributed by atoms with van der Waals surface area (Å²) in [6.07, 6.45) is 1.95. The number of nitrogens with one attached hydrogen (secondary N) is 2. The SMILES string of the molecule is CC(Cc1ccc2nc[nH]c2c1)S(=O)(=O)Nc1cc(Cl)c(N)c(Cl)c1. The second-order valence-corrected chi connectivity index (χ2v) is 8.68. The molecule has 2 aromatic carbocycles. The van der Waals surface area contributed by atoms with Crippen LogP contribution in [0.25, 0.3) is 11.0 Å². The van der Waals surface area contributed by atoms with Gasteiger partial charge >= 0.3 is 0 Å². The van der Waals surface area contributed by atoms with Crippen LogP contribution in [0.2, 0.25) is 10.0 Å². The molecule has 0 radical (unpaired) electrons. The van der Waals surface area contributed by atoms with E-state index in [-0.39, 0.29) is 21.4 Å². The fourth-order valence-corrected chi connectivity index (χ4v) is 4.01. The van der Waals surface area contributed by atoms with Crippen molar-refractivity contribution in [3.63, 3.8) is 0 Å². The summed E-state index contributed by atoms with van der Waals surface area (Å²) >= 11 is 11.9. The number of nitrogens with two attached hydrogens (primary N) is 1. The topological polar surface area (TPSA) is 101 Å². The second-order valence-electron chi connectivity index (χ2n) is 5.77. The van der Waals surface area contributed by atoms with E-state index >= 15 is 0 Å². The van der Waals surface area contributed by atoms with Gasteiger partial charge < -0.3 is 10.7 Å². The fourth-order valence-electron chi connectivity index (χ4n) is 2.46. The van der Waals surface area contributed by atoms with Crippen LogP contribution in [0, 0.1) is 0 Å². The highest BCUT2D eigenvalue weighted by molar-refractivity contribution is 7.93. The van der Waals surface area contributed by atoms with Crippen LogP contribution < -0.4 is 10.5 Å². The second kappa shape index (κ2) is 6.74. The summed E-state index contributed by atoms with van der Waals surface area (Å²) in [6, 6.07) is 8.48. The molecule has 0 amide bonds. The summed E-state index contributed by atoms with van der Waals surface area (Å²) in [4.78, 5) is 7.16. The zero-order chi connectivity index (χ0) is 18.2. The van der Waals surface area contributed by atoms with Gasteiger partial charge in [0.15, 0.2) is 0 Å².